The number of carbonyl (C=O) groups excluding carboxylic acids is 1. The van der Waals surface area contributed by atoms with Crippen LogP contribution in [0, 0.1) is 23.1 Å². The number of aromatic nitrogens is 1. The molecule has 140 valence electrons. The Morgan fingerprint density at radius 3 is 3.04 bits per heavy atom. The van der Waals surface area contributed by atoms with Gasteiger partial charge in [0.05, 0.1) is 11.6 Å². The number of amides is 1. The van der Waals surface area contributed by atoms with Crippen LogP contribution >= 0.6 is 0 Å². The largest absolute Gasteiger partial charge is 0.356 e. The fourth-order valence-corrected chi connectivity index (χ4v) is 3.43. The molecule has 1 saturated heterocycles. The molecule has 2 aromatic rings. The van der Waals surface area contributed by atoms with Gasteiger partial charge in [-0.1, -0.05) is 18.2 Å². The second-order valence-corrected chi connectivity index (χ2v) is 6.88. The molecule has 1 N–H and O–H groups in total. The van der Waals surface area contributed by atoms with Gasteiger partial charge in [-0.05, 0) is 43.4 Å². The summed E-state index contributed by atoms with van der Waals surface area (Å²) in [6, 6.07) is 12.1. The normalized spacial score (nSPS) is 16.6. The van der Waals surface area contributed by atoms with E-state index >= 15 is 0 Å². The number of nitrogens with zero attached hydrogens (tertiary/aromatic N) is 3. The maximum atomic E-state index is 13.6. The predicted octanol–water partition coefficient (Wildman–Crippen LogP) is 3.41. The molecule has 1 aromatic carbocycles. The van der Waals surface area contributed by atoms with Crippen LogP contribution in [-0.2, 0) is 11.3 Å². The number of carbonyl (C=O) groups is 1. The minimum atomic E-state index is -0.298. The van der Waals surface area contributed by atoms with Crippen molar-refractivity contribution < 1.29 is 9.18 Å². The maximum Gasteiger partial charge on any atom is 0.220 e. The van der Waals surface area contributed by atoms with Gasteiger partial charge in [0.15, 0.2) is 0 Å². The van der Waals surface area contributed by atoms with Gasteiger partial charge in [-0.25, -0.2) is 9.37 Å². The average molecular weight is 366 g/mol. The summed E-state index contributed by atoms with van der Waals surface area (Å²) in [5.41, 5.74) is 1.10. The molecule has 0 bridgehead atoms. The van der Waals surface area contributed by atoms with Crippen LogP contribution in [0.1, 0.15) is 36.8 Å². The molecule has 3 rings (SSSR count). The predicted molar refractivity (Wildman–Crippen MR) is 101 cm³/mol. The lowest BCUT2D eigenvalue weighted by atomic mass is 9.93. The second-order valence-electron chi connectivity index (χ2n) is 6.88. The van der Waals surface area contributed by atoms with Crippen LogP contribution in [0.4, 0.5) is 10.2 Å². The molecule has 6 heteroatoms. The summed E-state index contributed by atoms with van der Waals surface area (Å²) in [5.74, 6) is 0.876. The van der Waals surface area contributed by atoms with Crippen molar-refractivity contribution in [3.63, 3.8) is 0 Å². The Hall–Kier alpha value is -2.94. The first-order chi connectivity index (χ1) is 13.2. The number of hydrogen-bond acceptors (Lipinski definition) is 4. The summed E-state index contributed by atoms with van der Waals surface area (Å²) in [6.07, 6.45) is 5.00. The van der Waals surface area contributed by atoms with Crippen molar-refractivity contribution in [2.45, 2.75) is 32.2 Å². The Morgan fingerprint density at radius 2 is 2.22 bits per heavy atom. The number of hydrogen-bond donors (Lipinski definition) is 1. The number of halogens is 1. The first kappa shape index (κ1) is 18.8. The highest BCUT2D eigenvalue weighted by atomic mass is 19.1. The summed E-state index contributed by atoms with van der Waals surface area (Å²) in [5, 5.41) is 11.8. The summed E-state index contributed by atoms with van der Waals surface area (Å²) in [7, 11) is 0. The highest BCUT2D eigenvalue weighted by molar-refractivity contribution is 5.75. The fourth-order valence-electron chi connectivity index (χ4n) is 3.43. The third-order valence-electron chi connectivity index (χ3n) is 4.93. The second kappa shape index (κ2) is 9.13. The Morgan fingerprint density at radius 1 is 1.37 bits per heavy atom. The topological polar surface area (TPSA) is 69.0 Å². The Balaban J connectivity index is 1.47. The minimum absolute atomic E-state index is 0.0556. The molecule has 1 unspecified atom stereocenters. The third-order valence-corrected chi connectivity index (χ3v) is 4.93. The molecule has 1 amide bonds. The van der Waals surface area contributed by atoms with Gasteiger partial charge in [0, 0.05) is 37.8 Å². The summed E-state index contributed by atoms with van der Waals surface area (Å²) >= 11 is 0. The van der Waals surface area contributed by atoms with Crippen LogP contribution in [-0.4, -0.2) is 24.0 Å². The molecule has 0 spiro atoms. The molecule has 1 aliphatic rings. The number of pyridine rings is 1. The van der Waals surface area contributed by atoms with Crippen LogP contribution in [0.25, 0.3) is 0 Å². The monoisotopic (exact) mass is 366 g/mol. The summed E-state index contributed by atoms with van der Waals surface area (Å²) in [6.45, 7) is 1.97. The van der Waals surface area contributed by atoms with Gasteiger partial charge < -0.3 is 10.2 Å². The van der Waals surface area contributed by atoms with Crippen molar-refractivity contribution in [2.75, 3.05) is 18.0 Å². The number of anilines is 1. The van der Waals surface area contributed by atoms with E-state index in [1.165, 1.54) is 6.07 Å². The molecule has 27 heavy (non-hydrogen) atoms. The molecule has 2 heterocycles. The Bertz CT molecular complexity index is 833. The fraction of sp³-hybridized carbons (Fsp3) is 0.381. The van der Waals surface area contributed by atoms with Crippen molar-refractivity contribution in [2.24, 2.45) is 5.92 Å². The van der Waals surface area contributed by atoms with Crippen molar-refractivity contribution in [3.8, 4) is 6.07 Å². The van der Waals surface area contributed by atoms with Crippen LogP contribution in [0.3, 0.4) is 0 Å². The van der Waals surface area contributed by atoms with E-state index < -0.39 is 0 Å². The van der Waals surface area contributed by atoms with Crippen molar-refractivity contribution in [3.05, 3.63) is 59.5 Å². The van der Waals surface area contributed by atoms with E-state index in [1.807, 2.05) is 6.07 Å². The SMILES string of the molecule is N#Cc1ccnc(N2CCCC(CCC(=O)NCc3ccccc3F)C2)c1. The third kappa shape index (κ3) is 5.27. The molecule has 0 aliphatic carbocycles. The van der Waals surface area contributed by atoms with E-state index in [-0.39, 0.29) is 18.3 Å². The average Bonchev–Trinajstić information content (AvgIpc) is 2.72. The molecular formula is C21H23FN4O. The van der Waals surface area contributed by atoms with Gasteiger partial charge in [-0.2, -0.15) is 5.26 Å². The van der Waals surface area contributed by atoms with Crippen LogP contribution in [0.15, 0.2) is 42.6 Å². The zero-order valence-corrected chi connectivity index (χ0v) is 15.2. The van der Waals surface area contributed by atoms with Crippen molar-refractivity contribution in [1.82, 2.24) is 10.3 Å². The van der Waals surface area contributed by atoms with Gasteiger partial charge in [0.2, 0.25) is 5.91 Å². The highest BCUT2D eigenvalue weighted by Gasteiger charge is 2.21. The number of piperidine rings is 1. The van der Waals surface area contributed by atoms with E-state index in [0.717, 1.165) is 38.2 Å². The standard InChI is InChI=1S/C21H23FN4O/c22-19-6-2-1-5-18(19)14-25-21(27)8-7-16-4-3-11-26(15-16)20-12-17(13-23)9-10-24-20/h1-2,5-6,9-10,12,16H,3-4,7-8,11,14-15H2,(H,25,27). The van der Waals surface area contributed by atoms with E-state index in [4.69, 9.17) is 5.26 Å². The van der Waals surface area contributed by atoms with Gasteiger partial charge in [-0.15, -0.1) is 0 Å². The van der Waals surface area contributed by atoms with Gasteiger partial charge >= 0.3 is 0 Å². The van der Waals surface area contributed by atoms with Crippen LogP contribution in [0.5, 0.6) is 0 Å². The lowest BCUT2D eigenvalue weighted by Gasteiger charge is -2.33. The number of benzene rings is 1. The maximum absolute atomic E-state index is 13.6. The molecule has 5 nitrogen and oxygen atoms in total. The zero-order chi connectivity index (χ0) is 19.1. The summed E-state index contributed by atoms with van der Waals surface area (Å²) < 4.78 is 13.6. The quantitative estimate of drug-likeness (QED) is 0.851. The van der Waals surface area contributed by atoms with Crippen LogP contribution in [0.2, 0.25) is 0 Å². The Labute approximate surface area is 158 Å². The number of nitrogens with one attached hydrogen (secondary N) is 1. The molecule has 1 aromatic heterocycles. The van der Waals surface area contributed by atoms with E-state index in [2.05, 4.69) is 21.3 Å². The van der Waals surface area contributed by atoms with E-state index in [1.54, 1.807) is 30.5 Å². The smallest absolute Gasteiger partial charge is 0.220 e. The van der Waals surface area contributed by atoms with Crippen molar-refractivity contribution >= 4 is 11.7 Å². The van der Waals surface area contributed by atoms with E-state index in [9.17, 15) is 9.18 Å². The summed E-state index contributed by atoms with van der Waals surface area (Å²) in [4.78, 5) is 18.7. The van der Waals surface area contributed by atoms with Crippen molar-refractivity contribution in [1.29, 1.82) is 5.26 Å². The molecule has 1 atom stereocenters. The molecule has 1 aliphatic heterocycles. The lowest BCUT2D eigenvalue weighted by Crippen LogP contribution is -2.36. The molecule has 1 fully saturated rings. The Kier molecular flexibility index (Phi) is 6.37. The van der Waals surface area contributed by atoms with Gasteiger partial charge in [0.25, 0.3) is 0 Å². The minimum Gasteiger partial charge on any atom is -0.356 e. The zero-order valence-electron chi connectivity index (χ0n) is 15.2. The first-order valence-electron chi connectivity index (χ1n) is 9.27. The van der Waals surface area contributed by atoms with Gasteiger partial charge in [0.1, 0.15) is 11.6 Å². The van der Waals surface area contributed by atoms with E-state index in [0.29, 0.717) is 23.5 Å². The van der Waals surface area contributed by atoms with Crippen LogP contribution < -0.4 is 10.2 Å². The molecule has 0 saturated carbocycles. The molecular weight excluding hydrogens is 343 g/mol. The first-order valence-corrected chi connectivity index (χ1v) is 9.27. The lowest BCUT2D eigenvalue weighted by molar-refractivity contribution is -0.121. The number of nitriles is 1. The number of rotatable bonds is 6. The molecule has 0 radical (unpaired) electrons. The van der Waals surface area contributed by atoms with Gasteiger partial charge in [-0.3, -0.25) is 4.79 Å². The highest BCUT2D eigenvalue weighted by Crippen LogP contribution is 2.25.